The lowest BCUT2D eigenvalue weighted by Gasteiger charge is -2.25. The highest BCUT2D eigenvalue weighted by atomic mass is 16.3. The van der Waals surface area contributed by atoms with E-state index in [9.17, 15) is 10.2 Å². The number of aromatic nitrogens is 2. The van der Waals surface area contributed by atoms with Crippen LogP contribution in [0.3, 0.4) is 0 Å². The second-order valence-corrected chi connectivity index (χ2v) is 6.25. The Morgan fingerprint density at radius 3 is 2.54 bits per heavy atom. The molecule has 3 N–H and O–H groups in total. The molecule has 0 radical (unpaired) electrons. The Kier molecular flexibility index (Phi) is 4.99. The second kappa shape index (κ2) is 7.17. The molecule has 3 heterocycles. The van der Waals surface area contributed by atoms with Gasteiger partial charge >= 0.3 is 0 Å². The number of furan rings is 1. The maximum Gasteiger partial charge on any atom is 0.150 e. The van der Waals surface area contributed by atoms with Crippen LogP contribution in [-0.2, 0) is 6.54 Å². The number of hydrogen-bond acceptors (Lipinski definition) is 5. The minimum absolute atomic E-state index is 0.473. The molecule has 0 bridgehead atoms. The predicted octanol–water partition coefficient (Wildman–Crippen LogP) is 2.39. The smallest absolute Gasteiger partial charge is 0.150 e. The van der Waals surface area contributed by atoms with Gasteiger partial charge in [0.15, 0.2) is 0 Å². The van der Waals surface area contributed by atoms with Crippen LogP contribution in [0.4, 0.5) is 0 Å². The van der Waals surface area contributed by atoms with Crippen molar-refractivity contribution in [3.8, 4) is 11.5 Å². The van der Waals surface area contributed by atoms with Crippen molar-refractivity contribution in [2.24, 2.45) is 0 Å². The summed E-state index contributed by atoms with van der Waals surface area (Å²) < 4.78 is 5.56. The van der Waals surface area contributed by atoms with Gasteiger partial charge in [-0.05, 0) is 38.1 Å². The Balaban J connectivity index is 2.01. The number of fused-ring (bicyclic) bond motifs is 1. The van der Waals surface area contributed by atoms with E-state index in [1.54, 1.807) is 26.3 Å². The molecule has 0 aliphatic carbocycles. The Morgan fingerprint density at radius 1 is 1.17 bits per heavy atom. The van der Waals surface area contributed by atoms with E-state index in [-0.39, 0.29) is 0 Å². The third kappa shape index (κ3) is 3.67. The average Bonchev–Trinajstić information content (AvgIpc) is 3.14. The quantitative estimate of drug-likeness (QED) is 0.620. The molecule has 24 heavy (non-hydrogen) atoms. The summed E-state index contributed by atoms with van der Waals surface area (Å²) in [6, 6.07) is 7.67. The van der Waals surface area contributed by atoms with E-state index in [2.05, 4.69) is 9.97 Å². The second-order valence-electron chi connectivity index (χ2n) is 6.25. The molecule has 3 rings (SSSR count). The Hall–Kier alpha value is -2.15. The Bertz CT molecular complexity index is 768. The monoisotopic (exact) mass is 329 g/mol. The van der Waals surface area contributed by atoms with Crippen molar-refractivity contribution in [3.05, 3.63) is 42.3 Å². The topological polar surface area (TPSA) is 85.5 Å². The van der Waals surface area contributed by atoms with Gasteiger partial charge in [0.05, 0.1) is 24.2 Å². The van der Waals surface area contributed by atoms with Crippen LogP contribution in [0, 0.1) is 0 Å². The molecule has 128 valence electrons. The number of aliphatic hydroxyl groups excluding tert-OH is 2. The minimum atomic E-state index is -0.473. The van der Waals surface area contributed by atoms with E-state index >= 15 is 0 Å². The Labute approximate surface area is 140 Å². The first-order valence-electron chi connectivity index (χ1n) is 8.12. The van der Waals surface area contributed by atoms with Crippen molar-refractivity contribution >= 4 is 11.0 Å². The van der Waals surface area contributed by atoms with E-state index in [0.29, 0.717) is 19.6 Å². The fourth-order valence-electron chi connectivity index (χ4n) is 3.05. The lowest BCUT2D eigenvalue weighted by molar-refractivity contribution is 0.0797. The average molecular weight is 329 g/mol. The molecular weight excluding hydrogens is 306 g/mol. The molecule has 2 atom stereocenters. The number of H-pyrrole nitrogens is 1. The van der Waals surface area contributed by atoms with Crippen LogP contribution in [0.15, 0.2) is 41.1 Å². The van der Waals surface area contributed by atoms with E-state index in [1.165, 1.54) is 0 Å². The highest BCUT2D eigenvalue weighted by Gasteiger charge is 2.20. The van der Waals surface area contributed by atoms with Crippen LogP contribution in [0.5, 0.6) is 0 Å². The summed E-state index contributed by atoms with van der Waals surface area (Å²) in [5.74, 6) is 0.747. The molecule has 6 nitrogen and oxygen atoms in total. The molecule has 2 unspecified atom stereocenters. The highest BCUT2D eigenvalue weighted by molar-refractivity contribution is 5.87. The summed E-state index contributed by atoms with van der Waals surface area (Å²) in [4.78, 5) is 9.75. The molecule has 6 heteroatoms. The third-order valence-corrected chi connectivity index (χ3v) is 3.87. The van der Waals surface area contributed by atoms with Crippen molar-refractivity contribution < 1.29 is 14.6 Å². The zero-order chi connectivity index (χ0) is 17.1. The fourth-order valence-corrected chi connectivity index (χ4v) is 3.05. The molecule has 0 saturated carbocycles. The van der Waals surface area contributed by atoms with Crippen LogP contribution in [-0.4, -0.2) is 50.4 Å². The molecule has 0 saturated heterocycles. The van der Waals surface area contributed by atoms with Gasteiger partial charge in [-0.3, -0.25) is 4.90 Å². The van der Waals surface area contributed by atoms with Gasteiger partial charge in [-0.1, -0.05) is 0 Å². The zero-order valence-electron chi connectivity index (χ0n) is 13.9. The highest BCUT2D eigenvalue weighted by Crippen LogP contribution is 2.30. The Morgan fingerprint density at radius 2 is 1.92 bits per heavy atom. The molecule has 0 amide bonds. The summed E-state index contributed by atoms with van der Waals surface area (Å²) in [5.41, 5.74) is 2.73. The summed E-state index contributed by atoms with van der Waals surface area (Å²) in [7, 11) is 0. The molecule has 3 aromatic heterocycles. The number of aliphatic hydroxyl groups is 2. The maximum absolute atomic E-state index is 9.77. The standard InChI is InChI=1S/C18H23N3O3/c1-12(22)9-21(10-13(2)23)11-15-14-5-3-7-19-18(14)20-17(15)16-6-4-8-24-16/h3-8,12-13,22-23H,9-11H2,1-2H3,(H,19,20). The minimum Gasteiger partial charge on any atom is -0.463 e. The van der Waals surface area contributed by atoms with Crippen molar-refractivity contribution in [1.82, 2.24) is 14.9 Å². The number of rotatable bonds is 7. The van der Waals surface area contributed by atoms with Crippen molar-refractivity contribution in [2.45, 2.75) is 32.6 Å². The van der Waals surface area contributed by atoms with Crippen LogP contribution in [0.2, 0.25) is 0 Å². The summed E-state index contributed by atoms with van der Waals surface area (Å²) >= 11 is 0. The van der Waals surface area contributed by atoms with Gasteiger partial charge in [0, 0.05) is 36.8 Å². The van der Waals surface area contributed by atoms with Gasteiger partial charge in [0.25, 0.3) is 0 Å². The first-order chi connectivity index (χ1) is 11.5. The number of pyridine rings is 1. The van der Waals surface area contributed by atoms with Gasteiger partial charge in [0.2, 0.25) is 0 Å². The van der Waals surface area contributed by atoms with Crippen LogP contribution in [0.1, 0.15) is 19.4 Å². The first-order valence-corrected chi connectivity index (χ1v) is 8.12. The molecule has 0 aliphatic rings. The number of nitrogens with one attached hydrogen (secondary N) is 1. The fraction of sp³-hybridized carbons (Fsp3) is 0.389. The zero-order valence-corrected chi connectivity index (χ0v) is 13.9. The molecule has 0 spiro atoms. The van der Waals surface area contributed by atoms with E-state index < -0.39 is 12.2 Å². The predicted molar refractivity (Wildman–Crippen MR) is 92.4 cm³/mol. The lowest BCUT2D eigenvalue weighted by atomic mass is 10.1. The van der Waals surface area contributed by atoms with E-state index in [1.807, 2.05) is 29.2 Å². The van der Waals surface area contributed by atoms with Gasteiger partial charge in [-0.2, -0.15) is 0 Å². The largest absolute Gasteiger partial charge is 0.463 e. The molecule has 0 fully saturated rings. The van der Waals surface area contributed by atoms with Gasteiger partial charge in [-0.15, -0.1) is 0 Å². The molecule has 0 aliphatic heterocycles. The maximum atomic E-state index is 9.77. The number of hydrogen-bond donors (Lipinski definition) is 3. The molecule has 3 aromatic rings. The number of nitrogens with zero attached hydrogens (tertiary/aromatic N) is 2. The lowest BCUT2D eigenvalue weighted by Crippen LogP contribution is -2.35. The first kappa shape index (κ1) is 16.7. The van der Waals surface area contributed by atoms with E-state index in [4.69, 9.17) is 4.42 Å². The van der Waals surface area contributed by atoms with Crippen molar-refractivity contribution in [1.29, 1.82) is 0 Å². The molecule has 0 aromatic carbocycles. The molecular formula is C18H23N3O3. The van der Waals surface area contributed by atoms with Crippen LogP contribution >= 0.6 is 0 Å². The summed E-state index contributed by atoms with van der Waals surface area (Å²) in [6.07, 6.45) is 2.44. The normalized spacial score (nSPS) is 14.4. The van der Waals surface area contributed by atoms with E-state index in [0.717, 1.165) is 28.1 Å². The van der Waals surface area contributed by atoms with Crippen molar-refractivity contribution in [2.75, 3.05) is 13.1 Å². The SMILES string of the molecule is CC(O)CN(Cc1c(-c2ccco2)[nH]c2ncccc12)CC(C)O. The number of aromatic amines is 1. The van der Waals surface area contributed by atoms with Gasteiger partial charge in [-0.25, -0.2) is 4.98 Å². The summed E-state index contributed by atoms with van der Waals surface area (Å²) in [5, 5.41) is 20.6. The van der Waals surface area contributed by atoms with Crippen molar-refractivity contribution in [3.63, 3.8) is 0 Å². The third-order valence-electron chi connectivity index (χ3n) is 3.87. The van der Waals surface area contributed by atoms with Gasteiger partial charge < -0.3 is 19.6 Å². The van der Waals surface area contributed by atoms with Gasteiger partial charge in [0.1, 0.15) is 11.4 Å². The summed E-state index contributed by atoms with van der Waals surface area (Å²) in [6.45, 7) is 5.04. The van der Waals surface area contributed by atoms with Crippen LogP contribution in [0.25, 0.3) is 22.5 Å². The van der Waals surface area contributed by atoms with Crippen LogP contribution < -0.4 is 0 Å².